The molecule has 0 saturated heterocycles. The van der Waals surface area contributed by atoms with Gasteiger partial charge in [0.1, 0.15) is 5.82 Å². The Morgan fingerprint density at radius 3 is 2.62 bits per heavy atom. The van der Waals surface area contributed by atoms with E-state index in [0.29, 0.717) is 11.6 Å². The number of halogens is 1. The number of anilines is 1. The monoisotopic (exact) mass is 313 g/mol. The summed E-state index contributed by atoms with van der Waals surface area (Å²) < 4.78 is 5.25. The van der Waals surface area contributed by atoms with Gasteiger partial charge < -0.3 is 15.0 Å². The van der Waals surface area contributed by atoms with Gasteiger partial charge in [0.15, 0.2) is 0 Å². The molecule has 0 radical (unpaired) electrons. The lowest BCUT2D eigenvalue weighted by atomic mass is 10.1. The molecule has 1 heterocycles. The summed E-state index contributed by atoms with van der Waals surface area (Å²) >= 11 is 6.27. The fraction of sp³-hybridized carbons (Fsp3) is 0.688. The van der Waals surface area contributed by atoms with Gasteiger partial charge in [-0.2, -0.15) is 0 Å². The zero-order chi connectivity index (χ0) is 16.0. The van der Waals surface area contributed by atoms with Crippen LogP contribution in [0.15, 0.2) is 12.3 Å². The van der Waals surface area contributed by atoms with Gasteiger partial charge in [-0.05, 0) is 46.2 Å². The summed E-state index contributed by atoms with van der Waals surface area (Å²) in [4.78, 5) is 6.69. The summed E-state index contributed by atoms with van der Waals surface area (Å²) in [5.74, 6) is 0.942. The van der Waals surface area contributed by atoms with Crippen LogP contribution in [0.3, 0.4) is 0 Å². The van der Waals surface area contributed by atoms with Crippen LogP contribution < -0.4 is 10.2 Å². The molecule has 1 N–H and O–H groups in total. The molecule has 1 rings (SSSR count). The highest BCUT2D eigenvalue weighted by atomic mass is 35.5. The SMILES string of the molecule is CCN(c1cc(CNC(C)(C)C)c(Cl)cn1)C(C)COC. The minimum absolute atomic E-state index is 0.0561. The van der Waals surface area contributed by atoms with E-state index in [1.807, 2.05) is 0 Å². The van der Waals surface area contributed by atoms with Crippen molar-refractivity contribution in [2.24, 2.45) is 0 Å². The highest BCUT2D eigenvalue weighted by molar-refractivity contribution is 6.31. The summed E-state index contributed by atoms with van der Waals surface area (Å²) in [7, 11) is 1.72. The predicted octanol–water partition coefficient (Wildman–Crippen LogP) is 3.48. The molecule has 1 aromatic heterocycles. The smallest absolute Gasteiger partial charge is 0.129 e. The number of rotatable bonds is 7. The number of pyridine rings is 1. The topological polar surface area (TPSA) is 37.4 Å². The maximum atomic E-state index is 6.27. The summed E-state index contributed by atoms with van der Waals surface area (Å²) in [6, 6.07) is 2.34. The molecular formula is C16H28ClN3O. The number of ether oxygens (including phenoxy) is 1. The lowest BCUT2D eigenvalue weighted by Crippen LogP contribution is -2.37. The summed E-state index contributed by atoms with van der Waals surface area (Å²) in [5.41, 5.74) is 1.13. The van der Waals surface area contributed by atoms with Gasteiger partial charge in [0.2, 0.25) is 0 Å². The lowest BCUT2D eigenvalue weighted by molar-refractivity contribution is 0.181. The van der Waals surface area contributed by atoms with E-state index in [-0.39, 0.29) is 11.6 Å². The third-order valence-electron chi connectivity index (χ3n) is 3.30. The predicted molar refractivity (Wildman–Crippen MR) is 90.2 cm³/mol. The standard InChI is InChI=1S/C16H28ClN3O/c1-7-20(12(2)11-21-6)15-8-13(14(17)10-18-15)9-19-16(3,4)5/h8,10,12,19H,7,9,11H2,1-6H3. The Labute approximate surface area is 133 Å². The molecule has 0 aromatic carbocycles. The van der Waals surface area contributed by atoms with Crippen LogP contribution in [0.4, 0.5) is 5.82 Å². The van der Waals surface area contributed by atoms with Gasteiger partial charge in [0.05, 0.1) is 17.7 Å². The van der Waals surface area contributed by atoms with Crippen molar-refractivity contribution in [3.63, 3.8) is 0 Å². The average molecular weight is 314 g/mol. The fourth-order valence-corrected chi connectivity index (χ4v) is 2.32. The first-order valence-corrected chi connectivity index (χ1v) is 7.81. The quantitative estimate of drug-likeness (QED) is 0.836. The first-order chi connectivity index (χ1) is 9.78. The van der Waals surface area contributed by atoms with E-state index in [9.17, 15) is 0 Å². The molecule has 120 valence electrons. The average Bonchev–Trinajstić information content (AvgIpc) is 2.39. The third kappa shape index (κ3) is 5.81. The van der Waals surface area contributed by atoms with E-state index < -0.39 is 0 Å². The van der Waals surface area contributed by atoms with E-state index in [4.69, 9.17) is 16.3 Å². The van der Waals surface area contributed by atoms with Gasteiger partial charge in [0, 0.05) is 31.9 Å². The largest absolute Gasteiger partial charge is 0.383 e. The van der Waals surface area contributed by atoms with Crippen molar-refractivity contribution in [3.8, 4) is 0 Å². The van der Waals surface area contributed by atoms with Crippen molar-refractivity contribution in [1.29, 1.82) is 0 Å². The Hall–Kier alpha value is -0.840. The van der Waals surface area contributed by atoms with E-state index in [1.165, 1.54) is 0 Å². The number of aromatic nitrogens is 1. The number of hydrogen-bond donors (Lipinski definition) is 1. The zero-order valence-electron chi connectivity index (χ0n) is 14.0. The van der Waals surface area contributed by atoms with E-state index in [1.54, 1.807) is 13.3 Å². The van der Waals surface area contributed by atoms with Crippen LogP contribution in [-0.4, -0.2) is 36.8 Å². The van der Waals surface area contributed by atoms with Crippen molar-refractivity contribution >= 4 is 17.4 Å². The molecule has 0 aliphatic rings. The second-order valence-electron chi connectivity index (χ2n) is 6.33. The van der Waals surface area contributed by atoms with Gasteiger partial charge in [-0.3, -0.25) is 0 Å². The molecule has 0 amide bonds. The normalized spacial score (nSPS) is 13.3. The number of likely N-dealkylation sites (N-methyl/N-ethyl adjacent to an activating group) is 1. The second-order valence-corrected chi connectivity index (χ2v) is 6.74. The number of methoxy groups -OCH3 is 1. The van der Waals surface area contributed by atoms with Crippen molar-refractivity contribution < 1.29 is 4.74 Å². The van der Waals surface area contributed by atoms with Gasteiger partial charge in [0.25, 0.3) is 0 Å². The molecule has 5 heteroatoms. The molecule has 1 aromatic rings. The Morgan fingerprint density at radius 1 is 1.43 bits per heavy atom. The van der Waals surface area contributed by atoms with Crippen LogP contribution in [0.5, 0.6) is 0 Å². The highest BCUT2D eigenvalue weighted by Gasteiger charge is 2.16. The molecular weight excluding hydrogens is 286 g/mol. The van der Waals surface area contributed by atoms with E-state index in [2.05, 4.69) is 55.9 Å². The van der Waals surface area contributed by atoms with Crippen LogP contribution in [0.25, 0.3) is 0 Å². The second kappa shape index (κ2) is 7.97. The Balaban J connectivity index is 2.93. The van der Waals surface area contributed by atoms with Crippen molar-refractivity contribution in [2.45, 2.75) is 52.7 Å². The molecule has 0 saturated carbocycles. The Bertz CT molecular complexity index is 446. The van der Waals surface area contributed by atoms with Crippen LogP contribution >= 0.6 is 11.6 Å². The Morgan fingerprint density at radius 2 is 2.10 bits per heavy atom. The highest BCUT2D eigenvalue weighted by Crippen LogP contribution is 2.22. The molecule has 4 nitrogen and oxygen atoms in total. The molecule has 1 unspecified atom stereocenters. The molecule has 0 aliphatic carbocycles. The van der Waals surface area contributed by atoms with Crippen molar-refractivity contribution in [3.05, 3.63) is 22.8 Å². The molecule has 1 atom stereocenters. The lowest BCUT2D eigenvalue weighted by Gasteiger charge is -2.29. The minimum Gasteiger partial charge on any atom is -0.383 e. The third-order valence-corrected chi connectivity index (χ3v) is 3.64. The van der Waals surface area contributed by atoms with Gasteiger partial charge >= 0.3 is 0 Å². The summed E-state index contributed by atoms with van der Waals surface area (Å²) in [5, 5.41) is 4.16. The van der Waals surface area contributed by atoms with Gasteiger partial charge in [-0.25, -0.2) is 4.98 Å². The van der Waals surface area contributed by atoms with Gasteiger partial charge in [-0.15, -0.1) is 0 Å². The van der Waals surface area contributed by atoms with Gasteiger partial charge in [-0.1, -0.05) is 11.6 Å². The maximum Gasteiger partial charge on any atom is 0.129 e. The van der Waals surface area contributed by atoms with Crippen molar-refractivity contribution in [1.82, 2.24) is 10.3 Å². The number of nitrogens with zero attached hydrogens (tertiary/aromatic N) is 2. The minimum atomic E-state index is 0.0561. The molecule has 0 fully saturated rings. The maximum absolute atomic E-state index is 6.27. The number of hydrogen-bond acceptors (Lipinski definition) is 4. The van der Waals surface area contributed by atoms with Crippen LogP contribution in [0.2, 0.25) is 5.02 Å². The first-order valence-electron chi connectivity index (χ1n) is 7.43. The molecule has 21 heavy (non-hydrogen) atoms. The molecule has 0 bridgehead atoms. The zero-order valence-corrected chi connectivity index (χ0v) is 14.8. The first kappa shape index (κ1) is 18.2. The Kier molecular flexibility index (Phi) is 6.91. The fourth-order valence-electron chi connectivity index (χ4n) is 2.15. The van der Waals surface area contributed by atoms with E-state index in [0.717, 1.165) is 24.5 Å². The molecule has 0 spiro atoms. The van der Waals surface area contributed by atoms with Crippen LogP contribution in [0.1, 0.15) is 40.2 Å². The van der Waals surface area contributed by atoms with Crippen LogP contribution in [0, 0.1) is 0 Å². The van der Waals surface area contributed by atoms with Crippen LogP contribution in [-0.2, 0) is 11.3 Å². The number of nitrogens with one attached hydrogen (secondary N) is 1. The molecule has 0 aliphatic heterocycles. The van der Waals surface area contributed by atoms with Crippen molar-refractivity contribution in [2.75, 3.05) is 25.2 Å². The van der Waals surface area contributed by atoms with E-state index >= 15 is 0 Å². The summed E-state index contributed by atoms with van der Waals surface area (Å²) in [6.07, 6.45) is 1.73. The summed E-state index contributed by atoms with van der Waals surface area (Å²) in [6.45, 7) is 13.0.